The number of nitrogens with two attached hydrogens (primary N) is 1. The van der Waals surface area contributed by atoms with Gasteiger partial charge in [-0.05, 0) is 18.2 Å². The van der Waals surface area contributed by atoms with Gasteiger partial charge in [0.25, 0.3) is 5.91 Å². The van der Waals surface area contributed by atoms with E-state index in [1.54, 1.807) is 54.5 Å². The lowest BCUT2D eigenvalue weighted by atomic mass is 10.0. The summed E-state index contributed by atoms with van der Waals surface area (Å²) in [5.74, 6) is 0.492. The van der Waals surface area contributed by atoms with Gasteiger partial charge >= 0.3 is 0 Å². The minimum atomic E-state index is -1.84. The Balaban J connectivity index is 1.55. The molecule has 1 aliphatic rings. The third-order valence-corrected chi connectivity index (χ3v) is 6.23. The van der Waals surface area contributed by atoms with Crippen LogP contribution in [0.1, 0.15) is 12.1 Å². The normalized spacial score (nSPS) is 18.6. The highest BCUT2D eigenvalue weighted by atomic mass is 32.2. The molecule has 0 saturated carbocycles. The summed E-state index contributed by atoms with van der Waals surface area (Å²) < 4.78 is 1.67. The lowest BCUT2D eigenvalue weighted by molar-refractivity contribution is -0.136. The molecule has 33 heavy (non-hydrogen) atoms. The molecule has 0 spiro atoms. The zero-order chi connectivity index (χ0) is 23.6. The summed E-state index contributed by atoms with van der Waals surface area (Å²) in [5.41, 5.74) is 5.61. The van der Waals surface area contributed by atoms with E-state index in [0.717, 1.165) is 11.8 Å². The minimum absolute atomic E-state index is 0.159. The van der Waals surface area contributed by atoms with Crippen LogP contribution in [-0.4, -0.2) is 64.9 Å². The first-order valence-corrected chi connectivity index (χ1v) is 10.9. The van der Waals surface area contributed by atoms with Crippen molar-refractivity contribution in [3.8, 4) is 11.4 Å². The minimum Gasteiger partial charge on any atom is -0.404 e. The molecule has 11 nitrogen and oxygen atoms in total. The van der Waals surface area contributed by atoms with Crippen molar-refractivity contribution in [2.24, 2.45) is 12.8 Å². The van der Waals surface area contributed by atoms with E-state index >= 15 is 0 Å². The van der Waals surface area contributed by atoms with Crippen LogP contribution in [0.4, 0.5) is 11.8 Å². The molecule has 0 aliphatic carbocycles. The van der Waals surface area contributed by atoms with Crippen molar-refractivity contribution in [2.45, 2.75) is 12.0 Å². The number of likely N-dealkylation sites (tertiary alicyclic amines) is 1. The molecule has 3 aromatic heterocycles. The average molecular weight is 466 g/mol. The molecule has 1 fully saturated rings. The molecule has 4 heterocycles. The van der Waals surface area contributed by atoms with E-state index in [0.29, 0.717) is 40.3 Å². The highest BCUT2D eigenvalue weighted by Crippen LogP contribution is 2.35. The zero-order valence-corrected chi connectivity index (χ0v) is 18.9. The van der Waals surface area contributed by atoms with Crippen molar-refractivity contribution in [1.82, 2.24) is 29.6 Å². The van der Waals surface area contributed by atoms with Gasteiger partial charge in [0, 0.05) is 51.7 Å². The van der Waals surface area contributed by atoms with E-state index < -0.39 is 11.5 Å². The van der Waals surface area contributed by atoms with Crippen LogP contribution < -0.4 is 11.1 Å². The van der Waals surface area contributed by atoms with E-state index in [4.69, 9.17) is 11.1 Å². The fourth-order valence-corrected chi connectivity index (χ4v) is 4.17. The molecule has 4 rings (SSSR count). The molecule has 170 valence electrons. The number of aromatic nitrogens is 5. The molecule has 0 bridgehead atoms. The predicted molar refractivity (Wildman–Crippen MR) is 126 cm³/mol. The number of amides is 1. The van der Waals surface area contributed by atoms with E-state index in [9.17, 15) is 9.90 Å². The van der Waals surface area contributed by atoms with Crippen molar-refractivity contribution in [1.29, 1.82) is 5.41 Å². The van der Waals surface area contributed by atoms with Gasteiger partial charge in [-0.15, -0.1) is 0 Å². The highest BCUT2D eigenvalue weighted by Gasteiger charge is 2.48. The molecule has 0 radical (unpaired) electrons. The van der Waals surface area contributed by atoms with Gasteiger partial charge in [0.15, 0.2) is 11.4 Å². The number of likely N-dealkylation sites (N-methyl/N-ethyl adjacent to an activating group) is 1. The summed E-state index contributed by atoms with van der Waals surface area (Å²) >= 11 is 0.915. The van der Waals surface area contributed by atoms with Crippen molar-refractivity contribution >= 4 is 39.4 Å². The maximum atomic E-state index is 12.3. The first-order valence-electron chi connectivity index (χ1n) is 10.0. The molecule has 1 amide bonds. The molecule has 12 heteroatoms. The van der Waals surface area contributed by atoms with Crippen LogP contribution in [0.15, 0.2) is 48.9 Å². The number of rotatable bonds is 6. The number of aliphatic hydroxyl groups is 1. The number of nitrogens with one attached hydrogen (secondary N) is 2. The summed E-state index contributed by atoms with van der Waals surface area (Å²) in [6, 6.07) is 8.86. The summed E-state index contributed by atoms with van der Waals surface area (Å²) in [5, 5.41) is 26.2. The monoisotopic (exact) mass is 465 g/mol. The van der Waals surface area contributed by atoms with E-state index in [1.807, 2.05) is 7.05 Å². The Hall–Kier alpha value is -3.77. The number of hydrogen-bond donors (Lipinski definition) is 4. The van der Waals surface area contributed by atoms with Gasteiger partial charge in [0.2, 0.25) is 5.95 Å². The number of pyridine rings is 1. The molecule has 0 unspecified atom stereocenters. The molecule has 5 N–H and O–H groups in total. The van der Waals surface area contributed by atoms with E-state index in [-0.39, 0.29) is 11.5 Å². The van der Waals surface area contributed by atoms with Gasteiger partial charge in [0.05, 0.1) is 22.0 Å². The Morgan fingerprint density at radius 1 is 1.27 bits per heavy atom. The predicted octanol–water partition coefficient (Wildman–Crippen LogP) is 1.58. The van der Waals surface area contributed by atoms with Crippen molar-refractivity contribution in [2.75, 3.05) is 18.9 Å². The Labute approximate surface area is 194 Å². The summed E-state index contributed by atoms with van der Waals surface area (Å²) in [6.45, 7) is 0.385. The Morgan fingerprint density at radius 2 is 2.06 bits per heavy atom. The standard InChI is InChI=1S/C21H23N9O2S/c1-29-11-8-21(32,19(29)31)18(23)33-16(12-22)15-5-3-4-13(25-15)14-6-9-24-20(26-14)27-17-7-10-30(2)28-17/h3-7,9-10,12,23,32H,8,11,22H2,1-2H3,(H,24,26,27,28)/b16-12-,23-18?/t21-/m0/s1. The highest BCUT2D eigenvalue weighted by molar-refractivity contribution is 8.21. The quantitative estimate of drug-likeness (QED) is 0.313. The van der Waals surface area contributed by atoms with Crippen molar-refractivity contribution < 1.29 is 9.90 Å². The molecule has 0 aromatic carbocycles. The van der Waals surface area contributed by atoms with Gasteiger partial charge in [0.1, 0.15) is 5.04 Å². The van der Waals surface area contributed by atoms with Gasteiger partial charge in [-0.25, -0.2) is 15.0 Å². The van der Waals surface area contributed by atoms with Crippen LogP contribution in [0, 0.1) is 5.41 Å². The molecule has 1 saturated heterocycles. The number of anilines is 2. The summed E-state index contributed by atoms with van der Waals surface area (Å²) in [7, 11) is 3.42. The Kier molecular flexibility index (Phi) is 6.11. The fourth-order valence-electron chi connectivity index (χ4n) is 3.30. The molecular formula is C21H23N9O2S. The molecule has 3 aromatic rings. The second-order valence-corrected chi connectivity index (χ2v) is 8.52. The van der Waals surface area contributed by atoms with Crippen LogP contribution >= 0.6 is 11.8 Å². The topological polar surface area (TPSA) is 159 Å². The zero-order valence-electron chi connectivity index (χ0n) is 18.1. The van der Waals surface area contributed by atoms with Crippen LogP contribution in [0.25, 0.3) is 16.3 Å². The molecular weight excluding hydrogens is 442 g/mol. The first-order chi connectivity index (χ1) is 15.8. The van der Waals surface area contributed by atoms with Crippen LogP contribution in [0.3, 0.4) is 0 Å². The third kappa shape index (κ3) is 4.56. The maximum Gasteiger partial charge on any atom is 0.261 e. The summed E-state index contributed by atoms with van der Waals surface area (Å²) in [4.78, 5) is 27.5. The fraction of sp³-hybridized carbons (Fsp3) is 0.238. The second-order valence-electron chi connectivity index (χ2n) is 7.47. The van der Waals surface area contributed by atoms with Gasteiger partial charge in [-0.1, -0.05) is 17.8 Å². The lowest BCUT2D eigenvalue weighted by Crippen LogP contribution is -2.44. The number of aryl methyl sites for hydroxylation is 1. The van der Waals surface area contributed by atoms with E-state index in [1.165, 1.54) is 11.1 Å². The van der Waals surface area contributed by atoms with Gasteiger partial charge < -0.3 is 21.1 Å². The van der Waals surface area contributed by atoms with Crippen LogP contribution in [0.5, 0.6) is 0 Å². The number of thioether (sulfide) groups is 1. The van der Waals surface area contributed by atoms with Crippen molar-refractivity contribution in [3.05, 3.63) is 54.6 Å². The first kappa shape index (κ1) is 22.4. The number of nitrogens with zero attached hydrogens (tertiary/aromatic N) is 6. The largest absolute Gasteiger partial charge is 0.404 e. The van der Waals surface area contributed by atoms with E-state index in [2.05, 4.69) is 25.4 Å². The number of carbonyl (C=O) groups is 1. The number of carbonyl (C=O) groups excluding carboxylic acids is 1. The molecule has 1 atom stereocenters. The van der Waals surface area contributed by atoms with Crippen LogP contribution in [0.2, 0.25) is 0 Å². The maximum absolute atomic E-state index is 12.3. The average Bonchev–Trinajstić information content (AvgIpc) is 3.35. The van der Waals surface area contributed by atoms with Gasteiger partial charge in [-0.2, -0.15) is 5.10 Å². The molecule has 1 aliphatic heterocycles. The van der Waals surface area contributed by atoms with Crippen molar-refractivity contribution in [3.63, 3.8) is 0 Å². The van der Waals surface area contributed by atoms with Crippen LogP contribution in [-0.2, 0) is 11.8 Å². The van der Waals surface area contributed by atoms with Gasteiger partial charge in [-0.3, -0.25) is 14.9 Å². The SMILES string of the molecule is CN1CC[C@](O)(C(=N)S/C(=C\N)c2cccc(-c3ccnc(Nc4ccn(C)n4)n3)n2)C1=O. The third-order valence-electron chi connectivity index (χ3n) is 5.12. The summed E-state index contributed by atoms with van der Waals surface area (Å²) in [6.07, 6.45) is 4.89. The Morgan fingerprint density at radius 3 is 2.73 bits per heavy atom. The smallest absolute Gasteiger partial charge is 0.261 e. The Bertz CT molecular complexity index is 1240. The number of hydrogen-bond acceptors (Lipinski definition) is 10. The second kappa shape index (κ2) is 9.00. The lowest BCUT2D eigenvalue weighted by Gasteiger charge is -2.21.